The van der Waals surface area contributed by atoms with Gasteiger partial charge in [-0.05, 0) is 46.7 Å². The predicted molar refractivity (Wildman–Crippen MR) is 113 cm³/mol. The first-order valence-corrected chi connectivity index (χ1v) is 10.9. The third-order valence-corrected chi connectivity index (χ3v) is 5.38. The Bertz CT molecular complexity index is 841. The monoisotopic (exact) mass is 438 g/mol. The number of nitrogens with one attached hydrogen (secondary N) is 1. The highest BCUT2D eigenvalue weighted by molar-refractivity contribution is 7.94. The van der Waals surface area contributed by atoms with E-state index in [2.05, 4.69) is 5.32 Å². The Balaban J connectivity index is 1.92. The van der Waals surface area contributed by atoms with Crippen molar-refractivity contribution in [2.75, 3.05) is 18.1 Å². The number of hydrogen-bond acceptors (Lipinski definition) is 9. The van der Waals surface area contributed by atoms with Gasteiger partial charge in [-0.25, -0.2) is 9.36 Å². The summed E-state index contributed by atoms with van der Waals surface area (Å²) < 4.78 is 24.5. The van der Waals surface area contributed by atoms with Crippen molar-refractivity contribution >= 4 is 23.8 Å². The molecule has 3 rings (SSSR count). The van der Waals surface area contributed by atoms with E-state index in [0.29, 0.717) is 12.2 Å². The van der Waals surface area contributed by atoms with E-state index in [9.17, 15) is 10.1 Å². The number of anilines is 1. The minimum absolute atomic E-state index is 0.0389. The van der Waals surface area contributed by atoms with Crippen LogP contribution in [0.25, 0.3) is 0 Å². The van der Waals surface area contributed by atoms with Gasteiger partial charge in [0.05, 0.1) is 24.4 Å². The van der Waals surface area contributed by atoms with Gasteiger partial charge in [0.25, 0.3) is 0 Å². The molecule has 4 atom stereocenters. The molecule has 0 spiro atoms. The topological polar surface area (TPSA) is 121 Å². The Labute approximate surface area is 181 Å². The summed E-state index contributed by atoms with van der Waals surface area (Å²) in [6.45, 7) is 11.4. The molecule has 0 unspecified atom stereocenters. The van der Waals surface area contributed by atoms with Crippen LogP contribution in [0.5, 0.6) is 0 Å². The number of nitrogen functional groups attached to an aromatic ring is 1. The van der Waals surface area contributed by atoms with Crippen molar-refractivity contribution in [2.45, 2.75) is 77.2 Å². The van der Waals surface area contributed by atoms with Gasteiger partial charge in [-0.15, -0.1) is 0 Å². The lowest BCUT2D eigenvalue weighted by atomic mass is 10.0. The first-order chi connectivity index (χ1) is 14.0. The van der Waals surface area contributed by atoms with Gasteiger partial charge in [0, 0.05) is 17.5 Å². The van der Waals surface area contributed by atoms with E-state index >= 15 is 0 Å². The quantitative estimate of drug-likeness (QED) is 0.528. The van der Waals surface area contributed by atoms with Crippen LogP contribution in [0.15, 0.2) is 6.20 Å². The average Bonchev–Trinajstić information content (AvgIpc) is 3.22. The molecule has 10 heteroatoms. The minimum atomic E-state index is -0.758. The van der Waals surface area contributed by atoms with Gasteiger partial charge in [0.1, 0.15) is 23.9 Å². The standard InChI is InChI=1S/C20H30N4O5S/c1-7-30-26-10-12-16-17(28-20(5,6)27-16)15(23-12)11-9-24(13(8-21)14(11)22)18(25)29-19(2,3)4/h9,12,15-17,23H,7,10,22H2,1-6H3/t12-,15+,16-,17+/m1/s1. The lowest BCUT2D eigenvalue weighted by molar-refractivity contribution is -0.157. The van der Waals surface area contributed by atoms with E-state index < -0.39 is 17.5 Å². The minimum Gasteiger partial charge on any atom is -0.443 e. The van der Waals surface area contributed by atoms with Crippen molar-refractivity contribution in [3.8, 4) is 6.07 Å². The van der Waals surface area contributed by atoms with Crippen molar-refractivity contribution < 1.29 is 23.2 Å². The van der Waals surface area contributed by atoms with Crippen LogP contribution >= 0.6 is 12.0 Å². The van der Waals surface area contributed by atoms with Crippen LogP contribution < -0.4 is 11.1 Å². The van der Waals surface area contributed by atoms with Crippen molar-refractivity contribution in [1.29, 1.82) is 5.26 Å². The Morgan fingerprint density at radius 1 is 1.40 bits per heavy atom. The van der Waals surface area contributed by atoms with E-state index in [-0.39, 0.29) is 35.7 Å². The fourth-order valence-corrected chi connectivity index (χ4v) is 4.19. The van der Waals surface area contributed by atoms with E-state index in [1.165, 1.54) is 12.0 Å². The zero-order valence-electron chi connectivity index (χ0n) is 18.2. The maximum atomic E-state index is 12.6. The Morgan fingerprint density at radius 3 is 2.67 bits per heavy atom. The number of nitrogens with zero attached hydrogens (tertiary/aromatic N) is 2. The summed E-state index contributed by atoms with van der Waals surface area (Å²) in [5, 5.41) is 13.1. The number of aromatic nitrogens is 1. The third-order valence-electron chi connectivity index (χ3n) is 4.84. The van der Waals surface area contributed by atoms with Gasteiger partial charge in [0.2, 0.25) is 0 Å². The van der Waals surface area contributed by atoms with Crippen molar-refractivity contribution in [1.82, 2.24) is 9.88 Å². The zero-order valence-corrected chi connectivity index (χ0v) is 19.0. The maximum Gasteiger partial charge on any atom is 0.419 e. The summed E-state index contributed by atoms with van der Waals surface area (Å²) in [7, 11) is 0. The number of ether oxygens (including phenoxy) is 3. The summed E-state index contributed by atoms with van der Waals surface area (Å²) >= 11 is 1.38. The highest BCUT2D eigenvalue weighted by Crippen LogP contribution is 2.43. The molecule has 0 aromatic carbocycles. The zero-order chi connectivity index (χ0) is 22.3. The lowest BCUT2D eigenvalue weighted by Crippen LogP contribution is -2.38. The summed E-state index contributed by atoms with van der Waals surface area (Å²) in [6, 6.07) is 1.52. The molecule has 0 saturated carbocycles. The fourth-order valence-electron chi connectivity index (χ4n) is 3.78. The smallest absolute Gasteiger partial charge is 0.419 e. The molecule has 3 N–H and O–H groups in total. The molecule has 1 aromatic rings. The second-order valence-corrected chi connectivity index (χ2v) is 9.86. The maximum absolute atomic E-state index is 12.6. The molecule has 0 bridgehead atoms. The van der Waals surface area contributed by atoms with Crippen LogP contribution in [0.4, 0.5) is 10.5 Å². The van der Waals surface area contributed by atoms with E-state index in [4.69, 9.17) is 24.1 Å². The summed E-state index contributed by atoms with van der Waals surface area (Å²) in [4.78, 5) is 12.6. The van der Waals surface area contributed by atoms with E-state index in [1.54, 1.807) is 27.0 Å². The first-order valence-electron chi connectivity index (χ1n) is 9.97. The Morgan fingerprint density at radius 2 is 2.07 bits per heavy atom. The first kappa shape index (κ1) is 22.9. The van der Waals surface area contributed by atoms with Gasteiger partial charge in [-0.3, -0.25) is 0 Å². The van der Waals surface area contributed by atoms with Crippen molar-refractivity contribution in [3.63, 3.8) is 0 Å². The molecular formula is C20H30N4O5S. The Hall–Kier alpha value is -1.77. The van der Waals surface area contributed by atoms with E-state index in [1.807, 2.05) is 26.8 Å². The number of hydrogen-bond donors (Lipinski definition) is 2. The highest BCUT2D eigenvalue weighted by atomic mass is 32.2. The molecule has 0 aliphatic carbocycles. The predicted octanol–water partition coefficient (Wildman–Crippen LogP) is 2.94. The molecule has 2 fully saturated rings. The Kier molecular flexibility index (Phi) is 6.41. The number of rotatable bonds is 5. The molecular weight excluding hydrogens is 408 g/mol. The molecule has 0 amide bonds. The van der Waals surface area contributed by atoms with Crippen LogP contribution in [0.1, 0.15) is 58.8 Å². The fraction of sp³-hybridized carbons (Fsp3) is 0.700. The molecule has 1 aromatic heterocycles. The average molecular weight is 439 g/mol. The van der Waals surface area contributed by atoms with Crippen LogP contribution in [0.2, 0.25) is 0 Å². The second-order valence-electron chi connectivity index (χ2n) is 8.82. The molecule has 166 valence electrons. The lowest BCUT2D eigenvalue weighted by Gasteiger charge is -2.24. The summed E-state index contributed by atoms with van der Waals surface area (Å²) in [5.41, 5.74) is 6.44. The van der Waals surface area contributed by atoms with Crippen molar-refractivity contribution in [2.24, 2.45) is 0 Å². The van der Waals surface area contributed by atoms with Gasteiger partial charge in [-0.2, -0.15) is 5.26 Å². The summed E-state index contributed by atoms with van der Waals surface area (Å²) in [5.74, 6) is 0.0801. The number of fused-ring (bicyclic) bond motifs is 1. The number of nitrogens with two attached hydrogens (primary N) is 1. The van der Waals surface area contributed by atoms with Gasteiger partial charge < -0.3 is 29.4 Å². The van der Waals surface area contributed by atoms with Gasteiger partial charge in [-0.1, -0.05) is 6.92 Å². The molecule has 2 aliphatic heterocycles. The van der Waals surface area contributed by atoms with Gasteiger partial charge >= 0.3 is 6.09 Å². The SMILES string of the molecule is CCSOC[C@H]1N[C@@H](c2cn(C(=O)OC(C)(C)C)c(C#N)c2N)[C@@H]2OC(C)(C)O[C@@H]21. The van der Waals surface area contributed by atoms with Crippen LogP contribution in [-0.2, 0) is 18.4 Å². The largest absolute Gasteiger partial charge is 0.443 e. The molecule has 2 aliphatic rings. The molecule has 0 radical (unpaired) electrons. The molecule has 3 heterocycles. The van der Waals surface area contributed by atoms with Crippen LogP contribution in [-0.4, -0.2) is 52.7 Å². The van der Waals surface area contributed by atoms with Crippen molar-refractivity contribution in [3.05, 3.63) is 17.5 Å². The van der Waals surface area contributed by atoms with Gasteiger partial charge in [0.15, 0.2) is 11.5 Å². The summed E-state index contributed by atoms with van der Waals surface area (Å²) in [6.07, 6.45) is 0.297. The van der Waals surface area contributed by atoms with Crippen LogP contribution in [0.3, 0.4) is 0 Å². The van der Waals surface area contributed by atoms with Crippen LogP contribution in [0, 0.1) is 11.3 Å². The highest BCUT2D eigenvalue weighted by Gasteiger charge is 2.55. The number of carbonyl (C=O) groups excluding carboxylic acids is 1. The third kappa shape index (κ3) is 4.60. The second kappa shape index (κ2) is 8.40. The number of carbonyl (C=O) groups is 1. The molecule has 2 saturated heterocycles. The number of nitriles is 1. The molecule has 9 nitrogen and oxygen atoms in total. The normalized spacial score (nSPS) is 27.6. The van der Waals surface area contributed by atoms with E-state index in [0.717, 1.165) is 10.3 Å². The molecule has 30 heavy (non-hydrogen) atoms.